The van der Waals surface area contributed by atoms with Crippen LogP contribution in [0.15, 0.2) is 12.3 Å². The van der Waals surface area contributed by atoms with E-state index in [-0.39, 0.29) is 6.42 Å². The molecule has 1 aromatic heterocycles. The van der Waals surface area contributed by atoms with Crippen LogP contribution in [-0.2, 0) is 15.8 Å². The molecule has 104 valence electrons. The predicted molar refractivity (Wildman–Crippen MR) is 58.1 cm³/mol. The van der Waals surface area contributed by atoms with E-state index in [0.29, 0.717) is 12.3 Å². The van der Waals surface area contributed by atoms with Crippen LogP contribution >= 0.6 is 11.6 Å². The SMILES string of the molecule is CCC(=O)ONC(=O)c1ncc(C(F)(F)F)cc1Cl. The zero-order valence-electron chi connectivity index (χ0n) is 9.55. The zero-order valence-corrected chi connectivity index (χ0v) is 10.3. The monoisotopic (exact) mass is 296 g/mol. The van der Waals surface area contributed by atoms with Crippen molar-refractivity contribution < 1.29 is 27.6 Å². The van der Waals surface area contributed by atoms with E-state index in [9.17, 15) is 22.8 Å². The molecule has 1 rings (SSSR count). The number of rotatable bonds is 2. The van der Waals surface area contributed by atoms with Crippen molar-refractivity contribution in [3.63, 3.8) is 0 Å². The highest BCUT2D eigenvalue weighted by atomic mass is 35.5. The van der Waals surface area contributed by atoms with Crippen LogP contribution in [0, 0.1) is 0 Å². The highest BCUT2D eigenvalue weighted by Crippen LogP contribution is 2.30. The van der Waals surface area contributed by atoms with E-state index in [1.165, 1.54) is 6.92 Å². The van der Waals surface area contributed by atoms with Crippen molar-refractivity contribution in [3.8, 4) is 0 Å². The number of hydroxylamine groups is 1. The third kappa shape index (κ3) is 4.09. The Labute approximate surface area is 110 Å². The van der Waals surface area contributed by atoms with Crippen LogP contribution in [0.4, 0.5) is 13.2 Å². The highest BCUT2D eigenvalue weighted by Gasteiger charge is 2.32. The summed E-state index contributed by atoms with van der Waals surface area (Å²) in [6.45, 7) is 1.50. The second-order valence-corrected chi connectivity index (χ2v) is 3.72. The van der Waals surface area contributed by atoms with E-state index in [2.05, 4.69) is 9.82 Å². The Balaban J connectivity index is 2.85. The Hall–Kier alpha value is -1.83. The molecule has 1 heterocycles. The number of hydrogen-bond donors (Lipinski definition) is 1. The molecule has 1 amide bonds. The van der Waals surface area contributed by atoms with Crippen molar-refractivity contribution in [2.45, 2.75) is 19.5 Å². The van der Waals surface area contributed by atoms with Crippen LogP contribution in [-0.4, -0.2) is 16.9 Å². The van der Waals surface area contributed by atoms with E-state index in [4.69, 9.17) is 11.6 Å². The molecule has 0 aliphatic rings. The van der Waals surface area contributed by atoms with Gasteiger partial charge in [0.05, 0.1) is 10.6 Å². The van der Waals surface area contributed by atoms with Crippen LogP contribution in [0.2, 0.25) is 5.02 Å². The average Bonchev–Trinajstić information content (AvgIpc) is 2.34. The minimum Gasteiger partial charge on any atom is -0.340 e. The van der Waals surface area contributed by atoms with Gasteiger partial charge in [0.25, 0.3) is 0 Å². The third-order valence-corrected chi connectivity index (χ3v) is 2.22. The van der Waals surface area contributed by atoms with Gasteiger partial charge in [-0.2, -0.15) is 18.7 Å². The summed E-state index contributed by atoms with van der Waals surface area (Å²) in [6, 6.07) is 0.561. The van der Waals surface area contributed by atoms with Gasteiger partial charge < -0.3 is 4.84 Å². The molecular formula is C10H8ClF3N2O3. The lowest BCUT2D eigenvalue weighted by Gasteiger charge is -2.09. The topological polar surface area (TPSA) is 68.3 Å². The van der Waals surface area contributed by atoms with Gasteiger partial charge in [0.15, 0.2) is 0 Å². The molecule has 9 heteroatoms. The summed E-state index contributed by atoms with van der Waals surface area (Å²) in [6.07, 6.45) is -4.13. The molecule has 0 radical (unpaired) electrons. The number of carbonyl (C=O) groups is 2. The van der Waals surface area contributed by atoms with Gasteiger partial charge in [-0.25, -0.2) is 9.78 Å². The maximum atomic E-state index is 12.3. The molecule has 19 heavy (non-hydrogen) atoms. The summed E-state index contributed by atoms with van der Waals surface area (Å²) in [7, 11) is 0. The summed E-state index contributed by atoms with van der Waals surface area (Å²) >= 11 is 5.52. The van der Waals surface area contributed by atoms with Crippen LogP contribution in [0.3, 0.4) is 0 Å². The van der Waals surface area contributed by atoms with E-state index in [1.54, 1.807) is 5.48 Å². The van der Waals surface area contributed by atoms with Crippen LogP contribution in [0.25, 0.3) is 0 Å². The molecule has 0 spiro atoms. The summed E-state index contributed by atoms with van der Waals surface area (Å²) < 4.78 is 37.0. The van der Waals surface area contributed by atoms with E-state index in [0.717, 1.165) is 0 Å². The second-order valence-electron chi connectivity index (χ2n) is 3.31. The summed E-state index contributed by atoms with van der Waals surface area (Å²) in [5.41, 5.74) is 0.175. The van der Waals surface area contributed by atoms with E-state index in [1.807, 2.05) is 0 Å². The van der Waals surface area contributed by atoms with Gasteiger partial charge in [-0.1, -0.05) is 18.5 Å². The van der Waals surface area contributed by atoms with Gasteiger partial charge in [0.2, 0.25) is 0 Å². The van der Waals surface area contributed by atoms with Gasteiger partial charge >= 0.3 is 18.1 Å². The first-order valence-corrected chi connectivity index (χ1v) is 5.36. The van der Waals surface area contributed by atoms with Crippen molar-refractivity contribution in [1.29, 1.82) is 0 Å². The number of carbonyl (C=O) groups excluding carboxylic acids is 2. The number of nitrogens with one attached hydrogen (secondary N) is 1. The molecule has 0 atom stereocenters. The number of alkyl halides is 3. The minimum atomic E-state index is -4.61. The number of aromatic nitrogens is 1. The molecule has 0 aliphatic carbocycles. The highest BCUT2D eigenvalue weighted by molar-refractivity contribution is 6.33. The molecule has 5 nitrogen and oxygen atoms in total. The Morgan fingerprint density at radius 2 is 2.11 bits per heavy atom. The maximum absolute atomic E-state index is 12.3. The molecule has 0 aliphatic heterocycles. The number of amides is 1. The van der Waals surface area contributed by atoms with Gasteiger partial charge in [-0.05, 0) is 6.07 Å². The van der Waals surface area contributed by atoms with Crippen LogP contribution < -0.4 is 5.48 Å². The Kier molecular flexibility index (Phi) is 4.71. The van der Waals surface area contributed by atoms with Crippen LogP contribution in [0.1, 0.15) is 29.4 Å². The first-order chi connectivity index (χ1) is 8.75. The van der Waals surface area contributed by atoms with Crippen molar-refractivity contribution in [2.75, 3.05) is 0 Å². The lowest BCUT2D eigenvalue weighted by atomic mass is 10.2. The van der Waals surface area contributed by atoms with Crippen LogP contribution in [0.5, 0.6) is 0 Å². The number of pyridine rings is 1. The first kappa shape index (κ1) is 15.2. The Morgan fingerprint density at radius 3 is 2.58 bits per heavy atom. The second kappa shape index (κ2) is 5.87. The average molecular weight is 297 g/mol. The normalized spacial score (nSPS) is 11.0. The molecule has 0 aromatic carbocycles. The summed E-state index contributed by atoms with van der Waals surface area (Å²) in [5.74, 6) is -1.73. The fourth-order valence-corrected chi connectivity index (χ4v) is 1.24. The predicted octanol–water partition coefficient (Wildman–Crippen LogP) is 2.35. The first-order valence-electron chi connectivity index (χ1n) is 4.98. The number of nitrogens with zero attached hydrogens (tertiary/aromatic N) is 1. The van der Waals surface area contributed by atoms with Crippen molar-refractivity contribution in [3.05, 3.63) is 28.5 Å². The largest absolute Gasteiger partial charge is 0.417 e. The Bertz CT molecular complexity index is 505. The van der Waals surface area contributed by atoms with Crippen molar-refractivity contribution >= 4 is 23.5 Å². The number of hydrogen-bond acceptors (Lipinski definition) is 4. The van der Waals surface area contributed by atoms with Crippen molar-refractivity contribution in [1.82, 2.24) is 10.5 Å². The van der Waals surface area contributed by atoms with E-state index < -0.39 is 34.3 Å². The molecule has 0 fully saturated rings. The molecular weight excluding hydrogens is 289 g/mol. The molecule has 0 bridgehead atoms. The molecule has 0 saturated carbocycles. The Morgan fingerprint density at radius 1 is 1.47 bits per heavy atom. The maximum Gasteiger partial charge on any atom is 0.417 e. The number of halogens is 4. The molecule has 0 unspecified atom stereocenters. The fraction of sp³-hybridized carbons (Fsp3) is 0.300. The van der Waals surface area contributed by atoms with E-state index >= 15 is 0 Å². The molecule has 1 N–H and O–H groups in total. The van der Waals surface area contributed by atoms with Gasteiger partial charge in [-0.15, -0.1) is 0 Å². The van der Waals surface area contributed by atoms with Gasteiger partial charge in [0, 0.05) is 12.6 Å². The zero-order chi connectivity index (χ0) is 14.6. The fourth-order valence-electron chi connectivity index (χ4n) is 0.984. The minimum absolute atomic E-state index is 0.0223. The van der Waals surface area contributed by atoms with Crippen molar-refractivity contribution in [2.24, 2.45) is 0 Å². The molecule has 1 aromatic rings. The molecule has 0 saturated heterocycles. The quantitative estimate of drug-likeness (QED) is 0.851. The lowest BCUT2D eigenvalue weighted by Crippen LogP contribution is -2.28. The summed E-state index contributed by atoms with van der Waals surface area (Å²) in [4.78, 5) is 29.8. The third-order valence-electron chi connectivity index (χ3n) is 1.93. The lowest BCUT2D eigenvalue weighted by molar-refractivity contribution is -0.148. The summed E-state index contributed by atoms with van der Waals surface area (Å²) in [5, 5.41) is -0.500. The smallest absolute Gasteiger partial charge is 0.340 e. The van der Waals surface area contributed by atoms with Gasteiger partial charge in [0.1, 0.15) is 5.69 Å². The van der Waals surface area contributed by atoms with Gasteiger partial charge in [-0.3, -0.25) is 4.79 Å². The standard InChI is InChI=1S/C10H8ClF3N2O3/c1-2-7(17)19-16-9(18)8-6(11)3-5(4-15-8)10(12,13)14/h3-4H,2H2,1H3,(H,16,18).